The maximum atomic E-state index is 3.83. The van der Waals surface area contributed by atoms with E-state index in [2.05, 4.69) is 30.7 Å². The molecule has 0 unspecified atom stereocenters. The van der Waals surface area contributed by atoms with Gasteiger partial charge < -0.3 is 4.90 Å². The van der Waals surface area contributed by atoms with Crippen LogP contribution in [0.15, 0.2) is 65.7 Å². The van der Waals surface area contributed by atoms with Gasteiger partial charge in [0, 0.05) is 18.8 Å². The molecule has 15 heavy (non-hydrogen) atoms. The minimum Gasteiger partial charge on any atom is -0.344 e. The predicted molar refractivity (Wildman–Crippen MR) is 66.2 cm³/mol. The molecule has 1 aliphatic carbocycles. The summed E-state index contributed by atoms with van der Waals surface area (Å²) >= 11 is 0. The van der Waals surface area contributed by atoms with Crippen molar-refractivity contribution in [3.05, 3.63) is 65.7 Å². The van der Waals surface area contributed by atoms with E-state index in [0.717, 1.165) is 17.0 Å². The minimum absolute atomic E-state index is 1.08. The van der Waals surface area contributed by atoms with Gasteiger partial charge in [-0.1, -0.05) is 19.2 Å². The van der Waals surface area contributed by atoms with Crippen LogP contribution in [0.25, 0.3) is 0 Å². The number of likely N-dealkylation sites (N-methyl/N-ethyl adjacent to an activating group) is 1. The zero-order chi connectivity index (χ0) is 11.4. The molecule has 0 aliphatic heterocycles. The monoisotopic (exact) mass is 199 g/mol. The molecule has 0 saturated carbocycles. The Morgan fingerprint density at radius 3 is 2.40 bits per heavy atom. The lowest BCUT2D eigenvalue weighted by Gasteiger charge is -2.23. The van der Waals surface area contributed by atoms with E-state index in [4.69, 9.17) is 0 Å². The van der Waals surface area contributed by atoms with E-state index in [9.17, 15) is 0 Å². The van der Waals surface area contributed by atoms with Gasteiger partial charge in [-0.25, -0.2) is 0 Å². The minimum atomic E-state index is 1.08. The maximum Gasteiger partial charge on any atom is 0.0522 e. The zero-order valence-corrected chi connectivity index (χ0v) is 9.67. The molecule has 0 amide bonds. The largest absolute Gasteiger partial charge is 0.344 e. The van der Waals surface area contributed by atoms with Crippen molar-refractivity contribution in [1.82, 2.24) is 4.90 Å². The van der Waals surface area contributed by atoms with Gasteiger partial charge in [0.2, 0.25) is 0 Å². The topological polar surface area (TPSA) is 3.24 Å². The molecule has 0 aromatic rings. The Labute approximate surface area is 92.1 Å². The Kier molecular flexibility index (Phi) is 3.54. The third-order valence-electron chi connectivity index (χ3n) is 2.55. The van der Waals surface area contributed by atoms with Crippen molar-refractivity contribution < 1.29 is 0 Å². The molecule has 1 aliphatic rings. The van der Waals surface area contributed by atoms with Crippen LogP contribution in [0.3, 0.4) is 0 Å². The summed E-state index contributed by atoms with van der Waals surface area (Å²) in [6.07, 6.45) is 7.66. The van der Waals surface area contributed by atoms with Crippen LogP contribution in [0.1, 0.15) is 13.8 Å². The summed E-state index contributed by atoms with van der Waals surface area (Å²) in [5.74, 6) is 0. The molecule has 0 radical (unpaired) electrons. The molecule has 0 atom stereocenters. The molecule has 0 saturated heterocycles. The summed E-state index contributed by atoms with van der Waals surface area (Å²) in [6.45, 7) is 11.7. The molecule has 0 aromatic carbocycles. The molecule has 0 N–H and O–H groups in total. The van der Waals surface area contributed by atoms with E-state index >= 15 is 0 Å². The lowest BCUT2D eigenvalue weighted by Crippen LogP contribution is -2.16. The number of hydrogen-bond donors (Lipinski definition) is 0. The molecule has 1 rings (SSSR count). The second-order valence-corrected chi connectivity index (χ2v) is 3.56. The summed E-state index contributed by atoms with van der Waals surface area (Å²) in [7, 11) is 2.03. The van der Waals surface area contributed by atoms with Crippen LogP contribution < -0.4 is 0 Å². The van der Waals surface area contributed by atoms with Crippen molar-refractivity contribution in [3.63, 3.8) is 0 Å². The van der Waals surface area contributed by atoms with Crippen molar-refractivity contribution in [2.75, 3.05) is 7.05 Å². The van der Waals surface area contributed by atoms with Crippen molar-refractivity contribution in [1.29, 1.82) is 0 Å². The second kappa shape index (κ2) is 4.68. The highest BCUT2D eigenvalue weighted by Gasteiger charge is 2.10. The first-order valence-electron chi connectivity index (χ1n) is 4.94. The fraction of sp³-hybridized carbons (Fsp3) is 0.214. The van der Waals surface area contributed by atoms with E-state index in [1.165, 1.54) is 5.57 Å². The maximum absolute atomic E-state index is 3.83. The van der Waals surface area contributed by atoms with Gasteiger partial charge in [-0.05, 0) is 37.1 Å². The van der Waals surface area contributed by atoms with Crippen LogP contribution in [0.2, 0.25) is 0 Å². The first-order valence-corrected chi connectivity index (χ1v) is 4.94. The molecular formula is C14H17N. The quantitative estimate of drug-likeness (QED) is 0.494. The highest BCUT2D eigenvalue weighted by molar-refractivity contribution is 5.41. The van der Waals surface area contributed by atoms with Gasteiger partial charge >= 0.3 is 0 Å². The first kappa shape index (κ1) is 11.4. The Hall–Kier alpha value is -1.72. The van der Waals surface area contributed by atoms with Gasteiger partial charge in [-0.3, -0.25) is 0 Å². The molecule has 1 heteroatoms. The number of allylic oxidation sites excluding steroid dienone is 5. The van der Waals surface area contributed by atoms with Crippen LogP contribution in [0, 0.1) is 0 Å². The van der Waals surface area contributed by atoms with Gasteiger partial charge in [0.15, 0.2) is 0 Å². The standard InChI is InChI=1S/C14H17N/c1-6-11(3)13(7-2)15(5)14-10-8-9-12(14)4/h6-7,9-10H,1-2H2,3-5H3/b13-11+. The van der Waals surface area contributed by atoms with E-state index in [0.29, 0.717) is 0 Å². The van der Waals surface area contributed by atoms with E-state index < -0.39 is 0 Å². The van der Waals surface area contributed by atoms with Crippen LogP contribution in [0.4, 0.5) is 0 Å². The Bertz CT molecular complexity index is 413. The third-order valence-corrected chi connectivity index (χ3v) is 2.55. The van der Waals surface area contributed by atoms with Crippen molar-refractivity contribution >= 4 is 0 Å². The highest BCUT2D eigenvalue weighted by Crippen LogP contribution is 2.22. The van der Waals surface area contributed by atoms with E-state index in [1.807, 2.05) is 38.3 Å². The summed E-state index contributed by atoms with van der Waals surface area (Å²) in [5, 5.41) is 0. The molecule has 0 heterocycles. The molecule has 0 fully saturated rings. The fourth-order valence-electron chi connectivity index (χ4n) is 1.59. The molecular weight excluding hydrogens is 182 g/mol. The SMILES string of the molecule is C=C/C(C)=C(\C=C)N(C)C1=C(C)C=C=C1. The van der Waals surface area contributed by atoms with Gasteiger partial charge in [0.25, 0.3) is 0 Å². The van der Waals surface area contributed by atoms with E-state index in [-0.39, 0.29) is 0 Å². The normalized spacial score (nSPS) is 15.4. The summed E-state index contributed by atoms with van der Waals surface area (Å²) in [6, 6.07) is 0. The lowest BCUT2D eigenvalue weighted by atomic mass is 10.1. The Morgan fingerprint density at radius 1 is 1.33 bits per heavy atom. The number of rotatable bonds is 4. The van der Waals surface area contributed by atoms with Gasteiger partial charge in [-0.2, -0.15) is 0 Å². The van der Waals surface area contributed by atoms with Gasteiger partial charge in [0.1, 0.15) is 0 Å². The predicted octanol–water partition coefficient (Wildman–Crippen LogP) is 3.56. The van der Waals surface area contributed by atoms with Crippen LogP contribution in [0.5, 0.6) is 0 Å². The van der Waals surface area contributed by atoms with Crippen molar-refractivity contribution in [3.8, 4) is 0 Å². The second-order valence-electron chi connectivity index (χ2n) is 3.56. The molecule has 0 bridgehead atoms. The number of nitrogens with zero attached hydrogens (tertiary/aromatic N) is 1. The smallest absolute Gasteiger partial charge is 0.0522 e. The Balaban J connectivity index is 3.09. The Morgan fingerprint density at radius 2 is 2.00 bits per heavy atom. The molecule has 0 aromatic heterocycles. The van der Waals surface area contributed by atoms with Crippen LogP contribution in [-0.2, 0) is 0 Å². The highest BCUT2D eigenvalue weighted by atomic mass is 15.1. The average Bonchev–Trinajstić information content (AvgIpc) is 2.65. The molecule has 1 nitrogen and oxygen atoms in total. The molecule has 78 valence electrons. The number of hydrogen-bond acceptors (Lipinski definition) is 1. The van der Waals surface area contributed by atoms with Crippen LogP contribution >= 0.6 is 0 Å². The van der Waals surface area contributed by atoms with Crippen LogP contribution in [-0.4, -0.2) is 11.9 Å². The third kappa shape index (κ3) is 2.20. The average molecular weight is 199 g/mol. The fourth-order valence-corrected chi connectivity index (χ4v) is 1.59. The van der Waals surface area contributed by atoms with E-state index in [1.54, 1.807) is 0 Å². The summed E-state index contributed by atoms with van der Waals surface area (Å²) in [4.78, 5) is 2.11. The summed E-state index contributed by atoms with van der Waals surface area (Å²) in [5.41, 5.74) is 7.66. The van der Waals surface area contributed by atoms with Crippen molar-refractivity contribution in [2.45, 2.75) is 13.8 Å². The van der Waals surface area contributed by atoms with Gasteiger partial charge in [-0.15, -0.1) is 5.73 Å². The van der Waals surface area contributed by atoms with Gasteiger partial charge in [0.05, 0.1) is 5.70 Å². The first-order chi connectivity index (χ1) is 7.11. The van der Waals surface area contributed by atoms with Crippen molar-refractivity contribution in [2.24, 2.45) is 0 Å². The zero-order valence-electron chi connectivity index (χ0n) is 9.67. The molecule has 0 spiro atoms. The lowest BCUT2D eigenvalue weighted by molar-refractivity contribution is 0.546. The summed E-state index contributed by atoms with van der Waals surface area (Å²) < 4.78 is 0.